The van der Waals surface area contributed by atoms with Crippen LogP contribution in [0.5, 0.6) is 0 Å². The Morgan fingerprint density at radius 3 is 1.74 bits per heavy atom. The normalized spacial score (nSPS) is 13.1. The Hall–Kier alpha value is -2.61. The third kappa shape index (κ3) is 4.69. The van der Waals surface area contributed by atoms with E-state index in [4.69, 9.17) is 0 Å². The maximum absolute atomic E-state index is 12.7. The molecule has 0 fully saturated rings. The van der Waals surface area contributed by atoms with E-state index in [1.165, 1.54) is 6.92 Å². The van der Waals surface area contributed by atoms with E-state index in [1.807, 2.05) is 0 Å². The summed E-state index contributed by atoms with van der Waals surface area (Å²) in [5, 5.41) is 0. The molecular weight excluding hydrogens is 476 g/mol. The van der Waals surface area contributed by atoms with Crippen molar-refractivity contribution in [2.75, 3.05) is 11.4 Å². The maximum Gasteiger partial charge on any atom is 0.501 e. The largest absolute Gasteiger partial charge is 0.501 e. The molecule has 0 spiro atoms. The van der Waals surface area contributed by atoms with Crippen LogP contribution in [0, 0.1) is 0 Å². The van der Waals surface area contributed by atoms with E-state index < -0.39 is 52.0 Å². The molecule has 31 heavy (non-hydrogen) atoms. The lowest BCUT2D eigenvalue weighted by atomic mass is 10.2. The third-order valence-electron chi connectivity index (χ3n) is 4.02. The molecule has 2 aromatic carbocycles. The summed E-state index contributed by atoms with van der Waals surface area (Å²) >= 11 is 0. The van der Waals surface area contributed by atoms with E-state index >= 15 is 0 Å². The van der Waals surface area contributed by atoms with Crippen molar-refractivity contribution in [2.24, 2.45) is 0 Å². The molecule has 6 nitrogen and oxygen atoms in total. The highest BCUT2D eigenvalue weighted by Gasteiger charge is 2.47. The van der Waals surface area contributed by atoms with Gasteiger partial charge in [-0.15, -0.1) is 0 Å². The number of carbonyl (C=O) groups is 1. The van der Waals surface area contributed by atoms with Gasteiger partial charge in [0.25, 0.3) is 25.6 Å². The highest BCUT2D eigenvalue weighted by Crippen LogP contribution is 2.32. The number of anilines is 1. The summed E-state index contributed by atoms with van der Waals surface area (Å²) < 4.78 is 122. The fourth-order valence-electron chi connectivity index (χ4n) is 2.47. The number of carbonyl (C=O) groups excluding carboxylic acids is 1. The highest BCUT2D eigenvalue weighted by atomic mass is 32.2. The number of benzene rings is 2. The maximum atomic E-state index is 12.7. The minimum atomic E-state index is -5.71. The zero-order valence-electron chi connectivity index (χ0n) is 15.4. The van der Waals surface area contributed by atoms with Crippen LogP contribution in [0.4, 0.5) is 32.0 Å². The molecule has 0 aliphatic heterocycles. The number of amides is 1. The minimum absolute atomic E-state index is 0.0577. The van der Waals surface area contributed by atoms with Gasteiger partial charge in [-0.3, -0.25) is 4.79 Å². The van der Waals surface area contributed by atoms with Crippen LogP contribution in [0.15, 0.2) is 58.3 Å². The first-order valence-electron chi connectivity index (χ1n) is 8.18. The molecule has 0 saturated heterocycles. The van der Waals surface area contributed by atoms with Crippen molar-refractivity contribution in [3.05, 3.63) is 54.1 Å². The highest BCUT2D eigenvalue weighted by molar-refractivity contribution is 7.92. The van der Waals surface area contributed by atoms with E-state index in [0.29, 0.717) is 24.3 Å². The van der Waals surface area contributed by atoms with Crippen LogP contribution in [-0.2, 0) is 19.7 Å². The Bertz CT molecular complexity index is 1190. The average Bonchev–Trinajstić information content (AvgIpc) is 2.67. The second kappa shape index (κ2) is 8.15. The zero-order valence-corrected chi connectivity index (χ0v) is 17.0. The van der Waals surface area contributed by atoms with Crippen LogP contribution in [0.1, 0.15) is 17.3 Å². The Kier molecular flexibility index (Phi) is 6.48. The van der Waals surface area contributed by atoms with Gasteiger partial charge in [0.2, 0.25) is 0 Å². The van der Waals surface area contributed by atoms with Gasteiger partial charge in [0.05, 0.1) is 9.79 Å². The molecule has 0 heterocycles. The molecule has 0 saturated carbocycles. The van der Waals surface area contributed by atoms with E-state index in [9.17, 15) is 48.0 Å². The van der Waals surface area contributed by atoms with Crippen molar-refractivity contribution >= 4 is 31.3 Å². The molecule has 0 atom stereocenters. The van der Waals surface area contributed by atoms with Crippen molar-refractivity contribution in [1.82, 2.24) is 0 Å². The molecule has 0 aliphatic carbocycles. The molecule has 2 rings (SSSR count). The number of hydrogen-bond donors (Lipinski definition) is 0. The second-order valence-electron chi connectivity index (χ2n) is 5.97. The van der Waals surface area contributed by atoms with E-state index in [2.05, 4.69) is 0 Å². The summed E-state index contributed by atoms with van der Waals surface area (Å²) in [5.41, 5.74) is -11.6. The smallest absolute Gasteiger partial charge is 0.309 e. The molecule has 0 unspecified atom stereocenters. The first kappa shape index (κ1) is 24.7. The third-order valence-corrected chi connectivity index (χ3v) is 7.01. The molecular formula is C17H13F6NO5S2. The first-order chi connectivity index (χ1) is 14.0. The predicted molar refractivity (Wildman–Crippen MR) is 96.7 cm³/mol. The lowest BCUT2D eigenvalue weighted by molar-refractivity contribution is -0.0442. The number of halogens is 6. The van der Waals surface area contributed by atoms with Gasteiger partial charge in [0.15, 0.2) is 0 Å². The number of rotatable bonds is 5. The fraction of sp³-hybridized carbons (Fsp3) is 0.235. The SMILES string of the molecule is CCN(C(=O)c1cccc(S(=O)(=O)C(F)(F)F)c1)c1ccc(S(=O)(=O)C(F)(F)F)cc1. The number of nitrogens with zero attached hydrogens (tertiary/aromatic N) is 1. The minimum Gasteiger partial charge on any atom is -0.309 e. The van der Waals surface area contributed by atoms with E-state index in [-0.39, 0.29) is 12.2 Å². The van der Waals surface area contributed by atoms with Gasteiger partial charge in [-0.1, -0.05) is 6.07 Å². The molecule has 1 amide bonds. The summed E-state index contributed by atoms with van der Waals surface area (Å²) in [6.45, 7) is 1.33. The average molecular weight is 489 g/mol. The molecule has 2 aromatic rings. The van der Waals surface area contributed by atoms with Gasteiger partial charge in [-0.05, 0) is 49.4 Å². The molecule has 0 radical (unpaired) electrons. The lowest BCUT2D eigenvalue weighted by Crippen LogP contribution is -2.31. The number of alkyl halides is 6. The van der Waals surface area contributed by atoms with Crippen LogP contribution < -0.4 is 4.90 Å². The van der Waals surface area contributed by atoms with Gasteiger partial charge < -0.3 is 4.90 Å². The Morgan fingerprint density at radius 2 is 1.29 bits per heavy atom. The van der Waals surface area contributed by atoms with Crippen molar-refractivity contribution in [1.29, 1.82) is 0 Å². The van der Waals surface area contributed by atoms with Gasteiger partial charge in [0, 0.05) is 17.8 Å². The van der Waals surface area contributed by atoms with Crippen LogP contribution in [0.2, 0.25) is 0 Å². The zero-order chi connectivity index (χ0) is 23.8. The van der Waals surface area contributed by atoms with E-state index in [1.54, 1.807) is 0 Å². The standard InChI is InChI=1S/C17H13F6NO5S2/c1-2-24(12-6-8-13(9-7-12)30(26,27)16(18,19)20)15(25)11-4-3-5-14(10-11)31(28,29)17(21,22)23/h3-10H,2H2,1H3. The van der Waals surface area contributed by atoms with Crippen molar-refractivity contribution in [3.63, 3.8) is 0 Å². The monoisotopic (exact) mass is 489 g/mol. The number of sulfone groups is 2. The topological polar surface area (TPSA) is 88.6 Å². The van der Waals surface area contributed by atoms with Gasteiger partial charge in [-0.25, -0.2) is 16.8 Å². The molecule has 170 valence electrons. The second-order valence-corrected chi connectivity index (χ2v) is 9.85. The summed E-state index contributed by atoms with van der Waals surface area (Å²) in [6, 6.07) is 6.24. The molecule has 0 aliphatic rings. The van der Waals surface area contributed by atoms with Crippen molar-refractivity contribution in [2.45, 2.75) is 27.7 Å². The molecule has 0 aromatic heterocycles. The molecule has 14 heteroatoms. The predicted octanol–water partition coefficient (Wildman–Crippen LogP) is 3.94. The molecule has 0 N–H and O–H groups in total. The number of hydrogen-bond acceptors (Lipinski definition) is 5. The van der Waals surface area contributed by atoms with Crippen LogP contribution in [-0.4, -0.2) is 40.3 Å². The fourth-order valence-corrected chi connectivity index (χ4v) is 4.04. The summed E-state index contributed by atoms with van der Waals surface area (Å²) in [6.07, 6.45) is 0. The van der Waals surface area contributed by atoms with Crippen LogP contribution >= 0.6 is 0 Å². The van der Waals surface area contributed by atoms with Gasteiger partial charge in [-0.2, -0.15) is 26.3 Å². The quantitative estimate of drug-likeness (QED) is 0.594. The Balaban J connectivity index is 2.43. The van der Waals surface area contributed by atoms with Gasteiger partial charge >= 0.3 is 11.0 Å². The van der Waals surface area contributed by atoms with Crippen molar-refractivity contribution < 1.29 is 48.0 Å². The Labute approximate surface area is 172 Å². The lowest BCUT2D eigenvalue weighted by Gasteiger charge is -2.22. The van der Waals surface area contributed by atoms with Crippen LogP contribution in [0.3, 0.4) is 0 Å². The summed E-state index contributed by atoms with van der Waals surface area (Å²) in [5.74, 6) is -0.951. The van der Waals surface area contributed by atoms with E-state index in [0.717, 1.165) is 29.2 Å². The van der Waals surface area contributed by atoms with Gasteiger partial charge in [0.1, 0.15) is 0 Å². The summed E-state index contributed by atoms with van der Waals surface area (Å²) in [4.78, 5) is 11.4. The Morgan fingerprint density at radius 1 is 0.806 bits per heavy atom. The summed E-state index contributed by atoms with van der Waals surface area (Å²) in [7, 11) is -11.3. The first-order valence-corrected chi connectivity index (χ1v) is 11.2. The molecule has 0 bridgehead atoms. The van der Waals surface area contributed by atoms with Crippen molar-refractivity contribution in [3.8, 4) is 0 Å². The van der Waals surface area contributed by atoms with Crippen LogP contribution in [0.25, 0.3) is 0 Å².